The van der Waals surface area contributed by atoms with E-state index in [1.807, 2.05) is 6.07 Å². The van der Waals surface area contributed by atoms with Gasteiger partial charge in [0.25, 0.3) is 0 Å². The van der Waals surface area contributed by atoms with Gasteiger partial charge < -0.3 is 9.84 Å². The van der Waals surface area contributed by atoms with E-state index in [0.29, 0.717) is 29.8 Å². The predicted molar refractivity (Wildman–Crippen MR) is 82.1 cm³/mol. The zero-order valence-electron chi connectivity index (χ0n) is 12.8. The number of para-hydroxylation sites is 1. The van der Waals surface area contributed by atoms with E-state index in [9.17, 15) is 5.11 Å². The number of piperidine rings is 1. The van der Waals surface area contributed by atoms with Crippen molar-refractivity contribution in [2.75, 3.05) is 19.7 Å². The summed E-state index contributed by atoms with van der Waals surface area (Å²) in [5.41, 5.74) is 0.504. The molecule has 21 heavy (non-hydrogen) atoms. The molecule has 0 amide bonds. The molecule has 114 valence electrons. The summed E-state index contributed by atoms with van der Waals surface area (Å²) >= 11 is 0. The molecule has 0 bridgehead atoms. The zero-order chi connectivity index (χ0) is 15.2. The van der Waals surface area contributed by atoms with Gasteiger partial charge in [-0.1, -0.05) is 19.1 Å². The van der Waals surface area contributed by atoms with Crippen molar-refractivity contribution in [1.82, 2.24) is 4.90 Å². The summed E-state index contributed by atoms with van der Waals surface area (Å²) in [4.78, 5) is 2.33. The summed E-state index contributed by atoms with van der Waals surface area (Å²) < 4.78 is 5.59. The number of aliphatic hydroxyl groups is 1. The minimum absolute atomic E-state index is 0.219. The lowest BCUT2D eigenvalue weighted by Gasteiger charge is -2.38. The van der Waals surface area contributed by atoms with Gasteiger partial charge in [0.1, 0.15) is 24.5 Å². The molecule has 0 aliphatic carbocycles. The molecule has 4 nitrogen and oxygen atoms in total. The molecule has 1 aromatic carbocycles. The Morgan fingerprint density at radius 3 is 2.95 bits per heavy atom. The van der Waals surface area contributed by atoms with Gasteiger partial charge in [0.2, 0.25) is 0 Å². The molecule has 0 radical (unpaired) electrons. The number of hydrogen-bond acceptors (Lipinski definition) is 4. The first-order valence-corrected chi connectivity index (χ1v) is 7.66. The second kappa shape index (κ2) is 7.44. The van der Waals surface area contributed by atoms with Crippen LogP contribution in [0.1, 0.15) is 32.3 Å². The Morgan fingerprint density at radius 1 is 1.43 bits per heavy atom. The van der Waals surface area contributed by atoms with Crippen LogP contribution in [-0.2, 0) is 0 Å². The highest BCUT2D eigenvalue weighted by atomic mass is 16.5. The van der Waals surface area contributed by atoms with E-state index >= 15 is 0 Å². The molecule has 0 spiro atoms. The fraction of sp³-hybridized carbons (Fsp3) is 0.588. The molecule has 1 aliphatic heterocycles. The Morgan fingerprint density at radius 2 is 2.19 bits per heavy atom. The number of likely N-dealkylation sites (tertiary alicyclic amines) is 1. The fourth-order valence-corrected chi connectivity index (χ4v) is 2.87. The highest BCUT2D eigenvalue weighted by Crippen LogP contribution is 2.23. The lowest BCUT2D eigenvalue weighted by molar-refractivity contribution is 0.0291. The molecule has 3 unspecified atom stereocenters. The van der Waals surface area contributed by atoms with E-state index in [0.717, 1.165) is 6.54 Å². The van der Waals surface area contributed by atoms with E-state index in [1.54, 1.807) is 18.2 Å². The van der Waals surface area contributed by atoms with Crippen molar-refractivity contribution in [3.63, 3.8) is 0 Å². The Hall–Kier alpha value is -1.57. The van der Waals surface area contributed by atoms with Crippen LogP contribution >= 0.6 is 0 Å². The molecule has 4 heteroatoms. The van der Waals surface area contributed by atoms with Crippen molar-refractivity contribution < 1.29 is 9.84 Å². The Bertz CT molecular complexity index is 498. The number of nitrogens with zero attached hydrogens (tertiary/aromatic N) is 2. The SMILES string of the molecule is CC1CCCN(CC(O)COc2ccccc2C#N)C1C. The lowest BCUT2D eigenvalue weighted by Crippen LogP contribution is -2.46. The van der Waals surface area contributed by atoms with Crippen LogP contribution in [0.5, 0.6) is 5.75 Å². The maximum atomic E-state index is 10.2. The average molecular weight is 288 g/mol. The number of ether oxygens (including phenoxy) is 1. The van der Waals surface area contributed by atoms with Crippen LogP contribution in [0, 0.1) is 17.2 Å². The number of hydrogen-bond donors (Lipinski definition) is 1. The molecule has 1 aromatic rings. The van der Waals surface area contributed by atoms with E-state index in [4.69, 9.17) is 10.00 Å². The summed E-state index contributed by atoms with van der Waals surface area (Å²) in [6, 6.07) is 9.71. The maximum absolute atomic E-state index is 10.2. The van der Waals surface area contributed by atoms with E-state index in [1.165, 1.54) is 12.8 Å². The van der Waals surface area contributed by atoms with Gasteiger partial charge in [-0.05, 0) is 44.4 Å². The number of nitriles is 1. The fourth-order valence-electron chi connectivity index (χ4n) is 2.87. The smallest absolute Gasteiger partial charge is 0.137 e. The Labute approximate surface area is 127 Å². The van der Waals surface area contributed by atoms with Crippen LogP contribution in [-0.4, -0.2) is 41.8 Å². The number of benzene rings is 1. The van der Waals surface area contributed by atoms with Gasteiger partial charge in [0.15, 0.2) is 0 Å². The predicted octanol–water partition coefficient (Wildman–Crippen LogP) is 2.42. The van der Waals surface area contributed by atoms with Crippen molar-refractivity contribution in [3.8, 4) is 11.8 Å². The summed E-state index contributed by atoms with van der Waals surface area (Å²) in [5.74, 6) is 1.21. The summed E-state index contributed by atoms with van der Waals surface area (Å²) in [5, 5.41) is 19.2. The molecule has 0 saturated carbocycles. The third-order valence-electron chi connectivity index (χ3n) is 4.39. The Balaban J connectivity index is 1.85. The van der Waals surface area contributed by atoms with Crippen molar-refractivity contribution in [2.45, 2.75) is 38.8 Å². The van der Waals surface area contributed by atoms with Gasteiger partial charge in [-0.25, -0.2) is 0 Å². The first kappa shape index (κ1) is 15.8. The van der Waals surface area contributed by atoms with Gasteiger partial charge in [0.05, 0.1) is 5.56 Å². The third-order valence-corrected chi connectivity index (χ3v) is 4.39. The van der Waals surface area contributed by atoms with Crippen LogP contribution in [0.25, 0.3) is 0 Å². The van der Waals surface area contributed by atoms with Crippen molar-refractivity contribution in [2.24, 2.45) is 5.92 Å². The maximum Gasteiger partial charge on any atom is 0.137 e. The third kappa shape index (κ3) is 4.20. The molecule has 1 saturated heterocycles. The van der Waals surface area contributed by atoms with Gasteiger partial charge >= 0.3 is 0 Å². The molecule has 1 heterocycles. The van der Waals surface area contributed by atoms with Crippen molar-refractivity contribution in [3.05, 3.63) is 29.8 Å². The van der Waals surface area contributed by atoms with E-state index in [-0.39, 0.29) is 6.61 Å². The standard InChI is InChI=1S/C17H24N2O2/c1-13-6-5-9-19(14(13)2)11-16(20)12-21-17-8-4-3-7-15(17)10-18/h3-4,7-8,13-14,16,20H,5-6,9,11-12H2,1-2H3. The van der Waals surface area contributed by atoms with Gasteiger partial charge in [-0.15, -0.1) is 0 Å². The Kier molecular flexibility index (Phi) is 5.60. The van der Waals surface area contributed by atoms with Crippen molar-refractivity contribution >= 4 is 0 Å². The zero-order valence-corrected chi connectivity index (χ0v) is 12.8. The molecule has 2 rings (SSSR count). The molecule has 1 aliphatic rings. The lowest BCUT2D eigenvalue weighted by atomic mass is 9.92. The number of aliphatic hydroxyl groups excluding tert-OH is 1. The monoisotopic (exact) mass is 288 g/mol. The summed E-state index contributed by atoms with van der Waals surface area (Å²) in [6.45, 7) is 6.37. The quantitative estimate of drug-likeness (QED) is 0.904. The largest absolute Gasteiger partial charge is 0.489 e. The van der Waals surface area contributed by atoms with Crippen LogP contribution in [0.3, 0.4) is 0 Å². The first-order valence-electron chi connectivity index (χ1n) is 7.66. The molecular formula is C17H24N2O2. The second-order valence-electron chi connectivity index (χ2n) is 5.93. The number of β-amino-alcohol motifs (C(OH)–C–C–N with tert-alkyl or cyclic N) is 1. The highest BCUT2D eigenvalue weighted by molar-refractivity contribution is 5.42. The van der Waals surface area contributed by atoms with E-state index in [2.05, 4.69) is 24.8 Å². The summed E-state index contributed by atoms with van der Waals surface area (Å²) in [7, 11) is 0. The molecule has 1 fully saturated rings. The summed E-state index contributed by atoms with van der Waals surface area (Å²) in [6.07, 6.45) is 1.92. The first-order chi connectivity index (χ1) is 10.1. The highest BCUT2D eigenvalue weighted by Gasteiger charge is 2.26. The van der Waals surface area contributed by atoms with Crippen LogP contribution in [0.4, 0.5) is 0 Å². The van der Waals surface area contributed by atoms with E-state index < -0.39 is 6.10 Å². The topological polar surface area (TPSA) is 56.5 Å². The minimum Gasteiger partial charge on any atom is -0.489 e. The van der Waals surface area contributed by atoms with Gasteiger partial charge in [-0.3, -0.25) is 4.90 Å². The second-order valence-corrected chi connectivity index (χ2v) is 5.93. The van der Waals surface area contributed by atoms with Gasteiger partial charge in [-0.2, -0.15) is 5.26 Å². The van der Waals surface area contributed by atoms with Crippen LogP contribution in [0.2, 0.25) is 0 Å². The molecule has 1 N–H and O–H groups in total. The number of rotatable bonds is 5. The molecule has 3 atom stereocenters. The van der Waals surface area contributed by atoms with Crippen LogP contribution in [0.15, 0.2) is 24.3 Å². The molecular weight excluding hydrogens is 264 g/mol. The normalized spacial score (nSPS) is 24.3. The van der Waals surface area contributed by atoms with Crippen LogP contribution < -0.4 is 4.74 Å². The average Bonchev–Trinajstić information content (AvgIpc) is 2.50. The molecule has 0 aromatic heterocycles. The van der Waals surface area contributed by atoms with Gasteiger partial charge in [0, 0.05) is 12.6 Å². The minimum atomic E-state index is -0.538. The van der Waals surface area contributed by atoms with Crippen molar-refractivity contribution in [1.29, 1.82) is 5.26 Å².